The van der Waals surface area contributed by atoms with Gasteiger partial charge in [0, 0.05) is 6.07 Å². The Hall–Kier alpha value is -1.74. The summed E-state index contributed by atoms with van der Waals surface area (Å²) in [7, 11) is 0. The average molecular weight is 284 g/mol. The van der Waals surface area contributed by atoms with Crippen molar-refractivity contribution in [3.8, 4) is 0 Å². The molecule has 8 heteroatoms. The lowest BCUT2D eigenvalue weighted by Crippen LogP contribution is -2.58. The largest absolute Gasteiger partial charge is 0.388 e. The van der Waals surface area contributed by atoms with Crippen LogP contribution in [0.15, 0.2) is 24.3 Å². The van der Waals surface area contributed by atoms with Gasteiger partial charge in [0.2, 0.25) is 0 Å². The minimum absolute atomic E-state index is 0.164. The molecule has 0 aromatic heterocycles. The van der Waals surface area contributed by atoms with Gasteiger partial charge in [-0.3, -0.25) is 10.1 Å². The van der Waals surface area contributed by atoms with Crippen molar-refractivity contribution >= 4 is 11.4 Å². The van der Waals surface area contributed by atoms with Gasteiger partial charge in [0.05, 0.1) is 11.0 Å². The van der Waals surface area contributed by atoms with Crippen LogP contribution in [0.5, 0.6) is 0 Å². The molecular formula is C12H16N2O6. The summed E-state index contributed by atoms with van der Waals surface area (Å²) in [6.45, 7) is 1.54. The van der Waals surface area contributed by atoms with Crippen LogP contribution < -0.4 is 5.32 Å². The number of nitro groups is 1. The number of ether oxygens (including phenoxy) is 1. The topological polar surface area (TPSA) is 125 Å². The minimum atomic E-state index is -1.40. The minimum Gasteiger partial charge on any atom is -0.388 e. The molecule has 1 heterocycles. The zero-order chi connectivity index (χ0) is 14.9. The highest BCUT2D eigenvalue weighted by molar-refractivity contribution is 5.61. The summed E-state index contributed by atoms with van der Waals surface area (Å²) in [4.78, 5) is 10.3. The van der Waals surface area contributed by atoms with Gasteiger partial charge in [0.15, 0.2) is 6.23 Å². The van der Waals surface area contributed by atoms with Gasteiger partial charge in [-0.15, -0.1) is 0 Å². The Labute approximate surface area is 114 Å². The summed E-state index contributed by atoms with van der Waals surface area (Å²) in [5.41, 5.74) is -0.00564. The number of nitro benzene ring substituents is 1. The van der Waals surface area contributed by atoms with Gasteiger partial charge >= 0.3 is 0 Å². The number of para-hydroxylation sites is 2. The molecule has 5 unspecified atom stereocenters. The van der Waals surface area contributed by atoms with Crippen molar-refractivity contribution in [2.45, 2.75) is 37.6 Å². The van der Waals surface area contributed by atoms with E-state index in [4.69, 9.17) is 4.74 Å². The second kappa shape index (κ2) is 5.71. The molecule has 8 nitrogen and oxygen atoms in total. The van der Waals surface area contributed by atoms with Gasteiger partial charge < -0.3 is 25.4 Å². The van der Waals surface area contributed by atoms with Gasteiger partial charge in [0.1, 0.15) is 24.0 Å². The molecule has 1 aliphatic heterocycles. The summed E-state index contributed by atoms with van der Waals surface area (Å²) in [5.74, 6) is 0. The number of aliphatic hydroxyl groups excluding tert-OH is 3. The maximum atomic E-state index is 10.9. The van der Waals surface area contributed by atoms with Gasteiger partial charge in [-0.1, -0.05) is 12.1 Å². The first-order chi connectivity index (χ1) is 9.41. The van der Waals surface area contributed by atoms with Crippen molar-refractivity contribution in [3.05, 3.63) is 34.4 Å². The van der Waals surface area contributed by atoms with Crippen molar-refractivity contribution in [1.82, 2.24) is 0 Å². The Bertz CT molecular complexity index is 497. The van der Waals surface area contributed by atoms with Gasteiger partial charge in [-0.05, 0) is 13.0 Å². The van der Waals surface area contributed by atoms with E-state index >= 15 is 0 Å². The summed E-state index contributed by atoms with van der Waals surface area (Å²) in [5, 5.41) is 42.7. The van der Waals surface area contributed by atoms with E-state index in [9.17, 15) is 25.4 Å². The summed E-state index contributed by atoms with van der Waals surface area (Å²) < 4.78 is 5.33. The Balaban J connectivity index is 2.20. The number of aliphatic hydroxyl groups is 3. The molecule has 1 fully saturated rings. The second-order valence-electron chi connectivity index (χ2n) is 4.65. The van der Waals surface area contributed by atoms with Gasteiger partial charge in [-0.2, -0.15) is 0 Å². The van der Waals surface area contributed by atoms with Crippen LogP contribution in [0.25, 0.3) is 0 Å². The fourth-order valence-corrected chi connectivity index (χ4v) is 2.08. The molecule has 1 aromatic rings. The standard InChI is InChI=1S/C12H16N2O6/c1-6-9(15)10(16)11(17)12(20-6)13-7-4-2-3-5-8(7)14(18)19/h2-6,9-13,15-17H,1H3. The zero-order valence-corrected chi connectivity index (χ0v) is 10.7. The molecule has 4 N–H and O–H groups in total. The first-order valence-electron chi connectivity index (χ1n) is 6.11. The van der Waals surface area contributed by atoms with E-state index in [0.29, 0.717) is 0 Å². The van der Waals surface area contributed by atoms with Crippen molar-refractivity contribution in [2.75, 3.05) is 5.32 Å². The molecule has 5 atom stereocenters. The van der Waals surface area contributed by atoms with Crippen LogP contribution in [0.3, 0.4) is 0 Å². The quantitative estimate of drug-likeness (QED) is 0.448. The molecule has 0 amide bonds. The predicted octanol–water partition coefficient (Wildman–Crippen LogP) is -0.166. The summed E-state index contributed by atoms with van der Waals surface area (Å²) in [6, 6.07) is 5.89. The van der Waals surface area contributed by atoms with Crippen molar-refractivity contribution in [2.24, 2.45) is 0 Å². The molecule has 1 aromatic carbocycles. The first-order valence-corrected chi connectivity index (χ1v) is 6.11. The smallest absolute Gasteiger partial charge is 0.292 e. The molecule has 2 rings (SSSR count). The Morgan fingerprint density at radius 1 is 1.20 bits per heavy atom. The predicted molar refractivity (Wildman–Crippen MR) is 69.1 cm³/mol. The van der Waals surface area contributed by atoms with Crippen LogP contribution in [-0.4, -0.2) is 50.9 Å². The first kappa shape index (κ1) is 14.7. The summed E-state index contributed by atoms with van der Waals surface area (Å²) in [6.07, 6.45) is -5.77. The molecule has 0 spiro atoms. The van der Waals surface area contributed by atoms with E-state index in [0.717, 1.165) is 0 Å². The van der Waals surface area contributed by atoms with Gasteiger partial charge in [0.25, 0.3) is 5.69 Å². The SMILES string of the molecule is CC1OC(Nc2ccccc2[N+](=O)[O-])C(O)C(O)C1O. The molecule has 1 saturated heterocycles. The monoisotopic (exact) mass is 284 g/mol. The van der Waals surface area contributed by atoms with E-state index in [1.807, 2.05) is 0 Å². The molecule has 20 heavy (non-hydrogen) atoms. The highest BCUT2D eigenvalue weighted by Gasteiger charge is 2.42. The van der Waals surface area contributed by atoms with Crippen LogP contribution in [-0.2, 0) is 4.74 Å². The lowest BCUT2D eigenvalue weighted by atomic mass is 9.99. The number of rotatable bonds is 3. The zero-order valence-electron chi connectivity index (χ0n) is 10.7. The Morgan fingerprint density at radius 3 is 2.50 bits per heavy atom. The number of benzene rings is 1. The van der Waals surface area contributed by atoms with Crippen LogP contribution in [0.1, 0.15) is 6.92 Å². The third kappa shape index (κ3) is 2.73. The number of nitrogens with zero attached hydrogens (tertiary/aromatic N) is 1. The average Bonchev–Trinajstić information content (AvgIpc) is 2.43. The van der Waals surface area contributed by atoms with E-state index in [2.05, 4.69) is 5.32 Å². The van der Waals surface area contributed by atoms with E-state index in [1.165, 1.54) is 25.1 Å². The lowest BCUT2D eigenvalue weighted by Gasteiger charge is -2.39. The number of anilines is 1. The van der Waals surface area contributed by atoms with E-state index in [-0.39, 0.29) is 11.4 Å². The lowest BCUT2D eigenvalue weighted by molar-refractivity contribution is -0.384. The fourth-order valence-electron chi connectivity index (χ4n) is 2.08. The molecule has 110 valence electrons. The molecule has 0 radical (unpaired) electrons. The third-order valence-corrected chi connectivity index (χ3v) is 3.25. The fraction of sp³-hybridized carbons (Fsp3) is 0.500. The molecular weight excluding hydrogens is 268 g/mol. The maximum absolute atomic E-state index is 10.9. The van der Waals surface area contributed by atoms with E-state index in [1.54, 1.807) is 6.07 Å². The van der Waals surface area contributed by atoms with Crippen LogP contribution in [0.2, 0.25) is 0 Å². The molecule has 0 saturated carbocycles. The summed E-state index contributed by atoms with van der Waals surface area (Å²) >= 11 is 0. The highest BCUT2D eigenvalue weighted by Crippen LogP contribution is 2.27. The highest BCUT2D eigenvalue weighted by atomic mass is 16.6. The third-order valence-electron chi connectivity index (χ3n) is 3.25. The van der Waals surface area contributed by atoms with Crippen molar-refractivity contribution in [1.29, 1.82) is 0 Å². The Kier molecular flexibility index (Phi) is 4.19. The maximum Gasteiger partial charge on any atom is 0.292 e. The van der Waals surface area contributed by atoms with E-state index < -0.39 is 35.6 Å². The second-order valence-corrected chi connectivity index (χ2v) is 4.65. The number of nitrogens with one attached hydrogen (secondary N) is 1. The molecule has 1 aliphatic rings. The molecule has 0 aliphatic carbocycles. The van der Waals surface area contributed by atoms with Crippen LogP contribution in [0, 0.1) is 10.1 Å². The van der Waals surface area contributed by atoms with Crippen molar-refractivity contribution < 1.29 is 25.0 Å². The number of hydrogen-bond donors (Lipinski definition) is 4. The Morgan fingerprint density at radius 2 is 1.85 bits per heavy atom. The number of hydrogen-bond acceptors (Lipinski definition) is 7. The van der Waals surface area contributed by atoms with Crippen LogP contribution in [0.4, 0.5) is 11.4 Å². The van der Waals surface area contributed by atoms with Gasteiger partial charge in [-0.25, -0.2) is 0 Å². The van der Waals surface area contributed by atoms with Crippen molar-refractivity contribution in [3.63, 3.8) is 0 Å². The normalized spacial score (nSPS) is 33.7. The molecule has 0 bridgehead atoms. The van der Waals surface area contributed by atoms with Crippen LogP contribution >= 0.6 is 0 Å².